The highest BCUT2D eigenvalue weighted by atomic mass is 79.9. The molecular formula is C13H16BrFOS2. The standard InChI is InChI=1S/C13H16BrFOS2/c1-7-8(2)18-11(6-17-7)13(16)9-4-3-5-10(14)12(9)15/h3-5,7-8,11,13,16H,6H2,1-2H3. The number of hydrogen-bond donors (Lipinski definition) is 1. The molecule has 0 spiro atoms. The minimum absolute atomic E-state index is 0.0602. The van der Waals surface area contributed by atoms with Crippen LogP contribution in [0, 0.1) is 5.82 Å². The van der Waals surface area contributed by atoms with Gasteiger partial charge in [0.25, 0.3) is 0 Å². The van der Waals surface area contributed by atoms with E-state index in [1.165, 1.54) is 0 Å². The number of thioether (sulfide) groups is 2. The highest BCUT2D eigenvalue weighted by Crippen LogP contribution is 2.41. The summed E-state index contributed by atoms with van der Waals surface area (Å²) in [5, 5.41) is 11.5. The van der Waals surface area contributed by atoms with Crippen LogP contribution in [0.2, 0.25) is 0 Å². The molecular weight excluding hydrogens is 335 g/mol. The molecule has 0 aliphatic carbocycles. The molecule has 0 amide bonds. The Labute approximate surface area is 124 Å². The van der Waals surface area contributed by atoms with Crippen LogP contribution in [-0.4, -0.2) is 26.6 Å². The molecule has 5 heteroatoms. The minimum atomic E-state index is -0.741. The van der Waals surface area contributed by atoms with Gasteiger partial charge in [-0.2, -0.15) is 23.5 Å². The second-order valence-electron chi connectivity index (χ2n) is 4.51. The first-order valence-corrected chi connectivity index (χ1v) is 8.68. The summed E-state index contributed by atoms with van der Waals surface area (Å²) >= 11 is 6.77. The van der Waals surface area contributed by atoms with E-state index in [9.17, 15) is 9.50 Å². The largest absolute Gasteiger partial charge is 0.387 e. The van der Waals surface area contributed by atoms with Crippen molar-refractivity contribution in [1.82, 2.24) is 0 Å². The summed E-state index contributed by atoms with van der Waals surface area (Å²) < 4.78 is 14.4. The minimum Gasteiger partial charge on any atom is -0.387 e. The van der Waals surface area contributed by atoms with Gasteiger partial charge in [-0.3, -0.25) is 0 Å². The Morgan fingerprint density at radius 1 is 1.39 bits per heavy atom. The van der Waals surface area contributed by atoms with Crippen molar-refractivity contribution >= 4 is 39.5 Å². The third-order valence-electron chi connectivity index (χ3n) is 3.23. The van der Waals surface area contributed by atoms with Crippen LogP contribution < -0.4 is 0 Å². The molecule has 1 N–H and O–H groups in total. The third kappa shape index (κ3) is 3.06. The average Bonchev–Trinajstić information content (AvgIpc) is 2.35. The van der Waals surface area contributed by atoms with Gasteiger partial charge in [0.1, 0.15) is 5.82 Å². The number of aliphatic hydroxyl groups excluding tert-OH is 1. The van der Waals surface area contributed by atoms with Crippen molar-refractivity contribution in [2.45, 2.75) is 35.7 Å². The maximum absolute atomic E-state index is 14.0. The lowest BCUT2D eigenvalue weighted by atomic mass is 10.1. The second-order valence-corrected chi connectivity index (χ2v) is 8.39. The summed E-state index contributed by atoms with van der Waals surface area (Å²) in [5.74, 6) is 0.519. The summed E-state index contributed by atoms with van der Waals surface area (Å²) in [5.41, 5.74) is 0.393. The lowest BCUT2D eigenvalue weighted by Crippen LogP contribution is -2.30. The van der Waals surface area contributed by atoms with Crippen LogP contribution in [0.15, 0.2) is 22.7 Å². The summed E-state index contributed by atoms with van der Waals surface area (Å²) in [6.07, 6.45) is -0.741. The molecule has 1 aromatic carbocycles. The second kappa shape index (κ2) is 6.16. The first-order valence-electron chi connectivity index (χ1n) is 5.89. The molecule has 18 heavy (non-hydrogen) atoms. The lowest BCUT2D eigenvalue weighted by molar-refractivity contribution is 0.175. The third-order valence-corrected chi connectivity index (χ3v) is 7.32. The van der Waals surface area contributed by atoms with Crippen LogP contribution in [0.1, 0.15) is 25.5 Å². The van der Waals surface area contributed by atoms with Crippen LogP contribution in [0.25, 0.3) is 0 Å². The van der Waals surface area contributed by atoms with Crippen molar-refractivity contribution in [2.75, 3.05) is 5.75 Å². The molecule has 0 aromatic heterocycles. The zero-order valence-corrected chi connectivity index (χ0v) is 13.5. The van der Waals surface area contributed by atoms with Crippen LogP contribution >= 0.6 is 39.5 Å². The molecule has 0 bridgehead atoms. The molecule has 100 valence electrons. The van der Waals surface area contributed by atoms with E-state index in [-0.39, 0.29) is 11.1 Å². The molecule has 1 aliphatic heterocycles. The molecule has 1 fully saturated rings. The number of rotatable bonds is 2. The number of halogens is 2. The van der Waals surface area contributed by atoms with Gasteiger partial charge in [-0.1, -0.05) is 26.0 Å². The van der Waals surface area contributed by atoms with Crippen molar-refractivity contribution < 1.29 is 9.50 Å². The highest BCUT2D eigenvalue weighted by Gasteiger charge is 2.32. The molecule has 0 saturated carbocycles. The van der Waals surface area contributed by atoms with Gasteiger partial charge < -0.3 is 5.11 Å². The molecule has 1 nitrogen and oxygen atoms in total. The van der Waals surface area contributed by atoms with Crippen molar-refractivity contribution in [1.29, 1.82) is 0 Å². The summed E-state index contributed by atoms with van der Waals surface area (Å²) in [6.45, 7) is 4.36. The van der Waals surface area contributed by atoms with Gasteiger partial charge in [-0.25, -0.2) is 4.39 Å². The van der Waals surface area contributed by atoms with E-state index in [4.69, 9.17) is 0 Å². The van der Waals surface area contributed by atoms with E-state index in [1.807, 2.05) is 11.8 Å². The van der Waals surface area contributed by atoms with Gasteiger partial charge >= 0.3 is 0 Å². The SMILES string of the molecule is CC1SCC(C(O)c2cccc(Br)c2F)SC1C. The topological polar surface area (TPSA) is 20.2 Å². The molecule has 1 aliphatic rings. The van der Waals surface area contributed by atoms with E-state index in [1.54, 1.807) is 30.0 Å². The number of aliphatic hydroxyl groups is 1. The summed E-state index contributed by atoms with van der Waals surface area (Å²) in [6, 6.07) is 5.08. The fraction of sp³-hybridized carbons (Fsp3) is 0.538. The van der Waals surface area contributed by atoms with Crippen molar-refractivity contribution in [3.8, 4) is 0 Å². The Kier molecular flexibility index (Phi) is 5.03. The molecule has 4 unspecified atom stereocenters. The molecule has 0 radical (unpaired) electrons. The van der Waals surface area contributed by atoms with Gasteiger partial charge in [0, 0.05) is 27.1 Å². The molecule has 1 aromatic rings. The van der Waals surface area contributed by atoms with Gasteiger partial charge in [0.05, 0.1) is 10.6 Å². The number of benzene rings is 1. The normalized spacial score (nSPS) is 30.2. The molecule has 1 heterocycles. The Hall–Kier alpha value is 0.290. The predicted octanol–water partition coefficient (Wildman–Crippen LogP) is 4.25. The van der Waals surface area contributed by atoms with Gasteiger partial charge in [0.15, 0.2) is 0 Å². The molecule has 1 saturated heterocycles. The summed E-state index contributed by atoms with van der Waals surface area (Å²) in [7, 11) is 0. The number of hydrogen-bond acceptors (Lipinski definition) is 3. The molecule has 2 rings (SSSR count). The Morgan fingerprint density at radius 2 is 2.11 bits per heavy atom. The zero-order valence-electron chi connectivity index (χ0n) is 10.3. The van der Waals surface area contributed by atoms with E-state index in [2.05, 4.69) is 29.8 Å². The van der Waals surface area contributed by atoms with Crippen LogP contribution in [0.4, 0.5) is 4.39 Å². The molecule has 4 atom stereocenters. The van der Waals surface area contributed by atoms with E-state index in [0.717, 1.165) is 5.75 Å². The smallest absolute Gasteiger partial charge is 0.143 e. The van der Waals surface area contributed by atoms with E-state index < -0.39 is 6.10 Å². The Balaban J connectivity index is 2.16. The quantitative estimate of drug-likeness (QED) is 0.860. The first-order chi connectivity index (χ1) is 8.50. The van der Waals surface area contributed by atoms with Crippen molar-refractivity contribution in [3.63, 3.8) is 0 Å². The Bertz CT molecular complexity index is 429. The van der Waals surface area contributed by atoms with E-state index >= 15 is 0 Å². The fourth-order valence-electron chi connectivity index (χ4n) is 1.92. The van der Waals surface area contributed by atoms with Crippen LogP contribution in [0.5, 0.6) is 0 Å². The Morgan fingerprint density at radius 3 is 2.78 bits per heavy atom. The van der Waals surface area contributed by atoms with Gasteiger partial charge in [-0.15, -0.1) is 0 Å². The maximum Gasteiger partial charge on any atom is 0.143 e. The first kappa shape index (κ1) is 14.7. The zero-order chi connectivity index (χ0) is 13.3. The van der Waals surface area contributed by atoms with Gasteiger partial charge in [0.2, 0.25) is 0 Å². The maximum atomic E-state index is 14.0. The lowest BCUT2D eigenvalue weighted by Gasteiger charge is -2.34. The summed E-state index contributed by atoms with van der Waals surface area (Å²) in [4.78, 5) is 0. The van der Waals surface area contributed by atoms with E-state index in [0.29, 0.717) is 20.5 Å². The average molecular weight is 351 g/mol. The monoisotopic (exact) mass is 350 g/mol. The fourth-order valence-corrected chi connectivity index (χ4v) is 5.30. The van der Waals surface area contributed by atoms with Gasteiger partial charge in [-0.05, 0) is 22.0 Å². The van der Waals surface area contributed by atoms with Crippen LogP contribution in [0.3, 0.4) is 0 Å². The van der Waals surface area contributed by atoms with Crippen molar-refractivity contribution in [3.05, 3.63) is 34.1 Å². The van der Waals surface area contributed by atoms with Crippen molar-refractivity contribution in [2.24, 2.45) is 0 Å². The van der Waals surface area contributed by atoms with Crippen LogP contribution in [-0.2, 0) is 0 Å². The highest BCUT2D eigenvalue weighted by molar-refractivity contribution is 9.10. The predicted molar refractivity (Wildman–Crippen MR) is 81.8 cm³/mol.